The SMILES string of the molecule is Cc1cccc(C)c1NC(=O)/C=C/c1ccccc1. The van der Waals surface area contributed by atoms with E-state index in [1.807, 2.05) is 68.5 Å². The van der Waals surface area contributed by atoms with Crippen molar-refractivity contribution >= 4 is 17.7 Å². The van der Waals surface area contributed by atoms with Crippen LogP contribution in [-0.4, -0.2) is 5.91 Å². The van der Waals surface area contributed by atoms with Crippen molar-refractivity contribution in [3.05, 3.63) is 71.3 Å². The van der Waals surface area contributed by atoms with Gasteiger partial charge in [0.2, 0.25) is 5.91 Å². The summed E-state index contributed by atoms with van der Waals surface area (Å²) in [7, 11) is 0. The van der Waals surface area contributed by atoms with Gasteiger partial charge in [0.25, 0.3) is 0 Å². The number of hydrogen-bond donors (Lipinski definition) is 1. The lowest BCUT2D eigenvalue weighted by Gasteiger charge is -2.09. The molecule has 96 valence electrons. The molecule has 0 aliphatic heterocycles. The number of hydrogen-bond acceptors (Lipinski definition) is 1. The first-order valence-electron chi connectivity index (χ1n) is 6.27. The Bertz CT molecular complexity index is 580. The van der Waals surface area contributed by atoms with Gasteiger partial charge in [0, 0.05) is 11.8 Å². The highest BCUT2D eigenvalue weighted by molar-refractivity contribution is 6.02. The largest absolute Gasteiger partial charge is 0.322 e. The number of nitrogens with one attached hydrogen (secondary N) is 1. The van der Waals surface area contributed by atoms with Gasteiger partial charge in [0.15, 0.2) is 0 Å². The minimum atomic E-state index is -0.110. The van der Waals surface area contributed by atoms with Crippen molar-refractivity contribution in [1.29, 1.82) is 0 Å². The van der Waals surface area contributed by atoms with Crippen LogP contribution in [0.3, 0.4) is 0 Å². The number of amides is 1. The van der Waals surface area contributed by atoms with Gasteiger partial charge in [-0.05, 0) is 36.6 Å². The Balaban J connectivity index is 2.08. The zero-order valence-corrected chi connectivity index (χ0v) is 11.2. The third-order valence-corrected chi connectivity index (χ3v) is 2.96. The third-order valence-electron chi connectivity index (χ3n) is 2.96. The van der Waals surface area contributed by atoms with Gasteiger partial charge in [-0.1, -0.05) is 48.5 Å². The standard InChI is InChI=1S/C17H17NO/c1-13-7-6-8-14(2)17(13)18-16(19)12-11-15-9-4-3-5-10-15/h3-12H,1-2H3,(H,18,19)/b12-11+. The van der Waals surface area contributed by atoms with Crippen LogP contribution >= 0.6 is 0 Å². The fraction of sp³-hybridized carbons (Fsp3) is 0.118. The van der Waals surface area contributed by atoms with Gasteiger partial charge >= 0.3 is 0 Å². The van der Waals surface area contributed by atoms with Crippen molar-refractivity contribution in [2.45, 2.75) is 13.8 Å². The Hall–Kier alpha value is -2.35. The molecule has 2 rings (SSSR count). The van der Waals surface area contributed by atoms with Gasteiger partial charge in [-0.2, -0.15) is 0 Å². The summed E-state index contributed by atoms with van der Waals surface area (Å²) in [6, 6.07) is 15.7. The predicted molar refractivity (Wildman–Crippen MR) is 80.0 cm³/mol. The van der Waals surface area contributed by atoms with Crippen molar-refractivity contribution in [2.75, 3.05) is 5.32 Å². The quantitative estimate of drug-likeness (QED) is 0.822. The molecule has 0 spiro atoms. The normalized spacial score (nSPS) is 10.6. The Morgan fingerprint density at radius 2 is 1.58 bits per heavy atom. The van der Waals surface area contributed by atoms with Crippen LogP contribution in [0.15, 0.2) is 54.6 Å². The molecule has 0 atom stereocenters. The van der Waals surface area contributed by atoms with Gasteiger partial charge < -0.3 is 5.32 Å². The minimum absolute atomic E-state index is 0.110. The molecular weight excluding hydrogens is 234 g/mol. The van der Waals surface area contributed by atoms with Crippen molar-refractivity contribution < 1.29 is 4.79 Å². The lowest BCUT2D eigenvalue weighted by molar-refractivity contribution is -0.111. The molecule has 19 heavy (non-hydrogen) atoms. The number of aryl methyl sites for hydroxylation is 2. The van der Waals surface area contributed by atoms with E-state index in [1.165, 1.54) is 0 Å². The number of para-hydroxylation sites is 1. The van der Waals surface area contributed by atoms with Crippen molar-refractivity contribution in [3.63, 3.8) is 0 Å². The summed E-state index contributed by atoms with van der Waals surface area (Å²) < 4.78 is 0. The molecule has 0 aliphatic carbocycles. The number of rotatable bonds is 3. The highest BCUT2D eigenvalue weighted by Gasteiger charge is 2.04. The summed E-state index contributed by atoms with van der Waals surface area (Å²) in [5.74, 6) is -0.110. The van der Waals surface area contributed by atoms with Crippen LogP contribution in [0.4, 0.5) is 5.69 Å². The molecule has 0 heterocycles. The Morgan fingerprint density at radius 1 is 0.947 bits per heavy atom. The molecule has 0 aromatic heterocycles. The Morgan fingerprint density at radius 3 is 2.21 bits per heavy atom. The van der Waals surface area contributed by atoms with Crippen molar-refractivity contribution in [2.24, 2.45) is 0 Å². The number of anilines is 1. The van der Waals surface area contributed by atoms with E-state index in [1.54, 1.807) is 6.08 Å². The summed E-state index contributed by atoms with van der Waals surface area (Å²) in [5.41, 5.74) is 4.05. The second kappa shape index (κ2) is 6.01. The Labute approximate surface area is 113 Å². The van der Waals surface area contributed by atoms with E-state index in [0.29, 0.717) is 0 Å². The molecule has 2 aromatic carbocycles. The van der Waals surface area contributed by atoms with Crippen LogP contribution in [0, 0.1) is 13.8 Å². The van der Waals surface area contributed by atoms with E-state index in [0.717, 1.165) is 22.4 Å². The molecular formula is C17H17NO. The first-order chi connectivity index (χ1) is 9.16. The highest BCUT2D eigenvalue weighted by atomic mass is 16.1. The first kappa shape index (κ1) is 13.1. The van der Waals surface area contributed by atoms with Gasteiger partial charge in [-0.3, -0.25) is 4.79 Å². The van der Waals surface area contributed by atoms with Crippen molar-refractivity contribution in [3.8, 4) is 0 Å². The molecule has 0 aliphatic rings. The van der Waals surface area contributed by atoms with Gasteiger partial charge in [0.1, 0.15) is 0 Å². The average molecular weight is 251 g/mol. The summed E-state index contributed by atoms with van der Waals surface area (Å²) >= 11 is 0. The number of carbonyl (C=O) groups excluding carboxylic acids is 1. The smallest absolute Gasteiger partial charge is 0.248 e. The summed E-state index contributed by atoms with van der Waals surface area (Å²) in [6.45, 7) is 3.98. The van der Waals surface area contributed by atoms with E-state index in [2.05, 4.69) is 5.32 Å². The van der Waals surface area contributed by atoms with Gasteiger partial charge in [-0.15, -0.1) is 0 Å². The van der Waals surface area contributed by atoms with Crippen LogP contribution in [-0.2, 0) is 4.79 Å². The molecule has 2 aromatic rings. The van der Waals surface area contributed by atoms with Crippen LogP contribution in [0.5, 0.6) is 0 Å². The highest BCUT2D eigenvalue weighted by Crippen LogP contribution is 2.19. The molecule has 1 N–H and O–H groups in total. The molecule has 0 saturated heterocycles. The maximum Gasteiger partial charge on any atom is 0.248 e. The third kappa shape index (κ3) is 3.55. The van der Waals surface area contributed by atoms with Gasteiger partial charge in [0.05, 0.1) is 0 Å². The van der Waals surface area contributed by atoms with Crippen LogP contribution in [0.2, 0.25) is 0 Å². The summed E-state index contributed by atoms with van der Waals surface area (Å²) in [6.07, 6.45) is 3.37. The lowest BCUT2D eigenvalue weighted by Crippen LogP contribution is -2.10. The van der Waals surface area contributed by atoms with Crippen molar-refractivity contribution in [1.82, 2.24) is 0 Å². The van der Waals surface area contributed by atoms with E-state index in [-0.39, 0.29) is 5.91 Å². The molecule has 0 unspecified atom stereocenters. The van der Waals surface area contributed by atoms with Gasteiger partial charge in [-0.25, -0.2) is 0 Å². The second-order valence-electron chi connectivity index (χ2n) is 4.50. The molecule has 2 nitrogen and oxygen atoms in total. The predicted octanol–water partition coefficient (Wildman–Crippen LogP) is 3.96. The monoisotopic (exact) mass is 251 g/mol. The zero-order valence-electron chi connectivity index (χ0n) is 11.2. The van der Waals surface area contributed by atoms with Crippen LogP contribution < -0.4 is 5.32 Å². The van der Waals surface area contributed by atoms with E-state index >= 15 is 0 Å². The molecule has 2 heteroatoms. The molecule has 1 amide bonds. The lowest BCUT2D eigenvalue weighted by atomic mass is 10.1. The maximum absolute atomic E-state index is 11.9. The fourth-order valence-electron chi connectivity index (χ4n) is 1.91. The maximum atomic E-state index is 11.9. The average Bonchev–Trinajstić information content (AvgIpc) is 2.42. The van der Waals surface area contributed by atoms with Crippen LogP contribution in [0.1, 0.15) is 16.7 Å². The fourth-order valence-corrected chi connectivity index (χ4v) is 1.91. The summed E-state index contributed by atoms with van der Waals surface area (Å²) in [5, 5.41) is 2.92. The Kier molecular flexibility index (Phi) is 4.14. The molecule has 0 fully saturated rings. The number of benzene rings is 2. The molecule has 0 saturated carbocycles. The first-order valence-corrected chi connectivity index (χ1v) is 6.27. The van der Waals surface area contributed by atoms with E-state index in [4.69, 9.17) is 0 Å². The topological polar surface area (TPSA) is 29.1 Å². The molecule has 0 bridgehead atoms. The van der Waals surface area contributed by atoms with Crippen LogP contribution in [0.25, 0.3) is 6.08 Å². The molecule has 0 radical (unpaired) electrons. The van der Waals surface area contributed by atoms with E-state index in [9.17, 15) is 4.79 Å². The number of carbonyl (C=O) groups is 1. The summed E-state index contributed by atoms with van der Waals surface area (Å²) in [4.78, 5) is 11.9. The minimum Gasteiger partial charge on any atom is -0.322 e. The zero-order chi connectivity index (χ0) is 13.7. The van der Waals surface area contributed by atoms with E-state index < -0.39 is 0 Å². The second-order valence-corrected chi connectivity index (χ2v) is 4.50.